The van der Waals surface area contributed by atoms with Gasteiger partial charge < -0.3 is 4.74 Å². The van der Waals surface area contributed by atoms with E-state index in [2.05, 4.69) is 23.2 Å². The summed E-state index contributed by atoms with van der Waals surface area (Å²) >= 11 is 1.69. The Morgan fingerprint density at radius 2 is 2.06 bits per heavy atom. The summed E-state index contributed by atoms with van der Waals surface area (Å²) in [5.41, 5.74) is 1.17. The lowest BCUT2D eigenvalue weighted by Gasteiger charge is -2.12. The topological polar surface area (TPSA) is 21.6 Å². The third-order valence-electron chi connectivity index (χ3n) is 2.49. The standard InChI is InChI=1S/C14H15NOS/c1-16-14(12-6-3-2-4-7-12)11-15-10-13-8-5-9-17-13/h2-10,14H,11H2,1H3. The molecule has 0 fully saturated rings. The van der Waals surface area contributed by atoms with Crippen LogP contribution in [0.15, 0.2) is 52.8 Å². The van der Waals surface area contributed by atoms with E-state index in [1.807, 2.05) is 35.9 Å². The minimum Gasteiger partial charge on any atom is -0.375 e. The Morgan fingerprint density at radius 1 is 1.24 bits per heavy atom. The normalized spacial score (nSPS) is 13.0. The number of ether oxygens (including phenoxy) is 1. The quantitative estimate of drug-likeness (QED) is 0.738. The van der Waals surface area contributed by atoms with Gasteiger partial charge in [-0.1, -0.05) is 36.4 Å². The average Bonchev–Trinajstić information content (AvgIpc) is 2.89. The molecule has 0 saturated carbocycles. The molecule has 0 bridgehead atoms. The van der Waals surface area contributed by atoms with Crippen LogP contribution in [0.1, 0.15) is 16.5 Å². The molecule has 2 nitrogen and oxygen atoms in total. The summed E-state index contributed by atoms with van der Waals surface area (Å²) in [5.74, 6) is 0. The van der Waals surface area contributed by atoms with E-state index >= 15 is 0 Å². The first-order valence-corrected chi connectivity index (χ1v) is 6.39. The fourth-order valence-electron chi connectivity index (χ4n) is 1.59. The summed E-state index contributed by atoms with van der Waals surface area (Å²) < 4.78 is 5.45. The van der Waals surface area contributed by atoms with Crippen LogP contribution in [0.25, 0.3) is 0 Å². The van der Waals surface area contributed by atoms with Crippen LogP contribution in [-0.4, -0.2) is 19.9 Å². The first-order valence-electron chi connectivity index (χ1n) is 5.51. The Balaban J connectivity index is 1.97. The zero-order valence-electron chi connectivity index (χ0n) is 9.74. The van der Waals surface area contributed by atoms with Crippen LogP contribution in [0.2, 0.25) is 0 Å². The Kier molecular flexibility index (Phi) is 4.47. The molecule has 0 radical (unpaired) electrons. The zero-order valence-corrected chi connectivity index (χ0v) is 10.6. The third-order valence-corrected chi connectivity index (χ3v) is 3.30. The van der Waals surface area contributed by atoms with Crippen molar-refractivity contribution >= 4 is 17.6 Å². The molecule has 0 aliphatic heterocycles. The van der Waals surface area contributed by atoms with Crippen LogP contribution in [0.5, 0.6) is 0 Å². The highest BCUT2D eigenvalue weighted by Crippen LogP contribution is 2.16. The summed E-state index contributed by atoms with van der Waals surface area (Å²) in [6, 6.07) is 14.2. The van der Waals surface area contributed by atoms with Gasteiger partial charge in [-0.25, -0.2) is 0 Å². The van der Waals surface area contributed by atoms with Gasteiger partial charge in [-0.3, -0.25) is 4.99 Å². The minimum atomic E-state index is 0.0346. The van der Waals surface area contributed by atoms with Gasteiger partial charge in [-0.2, -0.15) is 0 Å². The number of methoxy groups -OCH3 is 1. The third kappa shape index (κ3) is 3.51. The van der Waals surface area contributed by atoms with Gasteiger partial charge in [0, 0.05) is 18.2 Å². The summed E-state index contributed by atoms with van der Waals surface area (Å²) in [6.45, 7) is 0.651. The summed E-state index contributed by atoms with van der Waals surface area (Å²) in [6.07, 6.45) is 1.94. The van der Waals surface area contributed by atoms with E-state index in [9.17, 15) is 0 Å². The largest absolute Gasteiger partial charge is 0.375 e. The van der Waals surface area contributed by atoms with Crippen molar-refractivity contribution in [1.82, 2.24) is 0 Å². The van der Waals surface area contributed by atoms with Crippen molar-refractivity contribution < 1.29 is 4.74 Å². The number of hydrogen-bond donors (Lipinski definition) is 0. The van der Waals surface area contributed by atoms with Crippen molar-refractivity contribution in [2.24, 2.45) is 4.99 Å². The molecule has 0 spiro atoms. The predicted molar refractivity (Wildman–Crippen MR) is 73.0 cm³/mol. The molecule has 1 unspecified atom stereocenters. The van der Waals surface area contributed by atoms with E-state index in [4.69, 9.17) is 4.74 Å². The maximum Gasteiger partial charge on any atom is 0.102 e. The summed E-state index contributed by atoms with van der Waals surface area (Å²) in [7, 11) is 1.72. The van der Waals surface area contributed by atoms with E-state index in [1.54, 1.807) is 18.4 Å². The van der Waals surface area contributed by atoms with Gasteiger partial charge in [0.05, 0.1) is 6.54 Å². The highest BCUT2D eigenvalue weighted by Gasteiger charge is 2.07. The van der Waals surface area contributed by atoms with Crippen LogP contribution in [0.3, 0.4) is 0 Å². The van der Waals surface area contributed by atoms with E-state index in [-0.39, 0.29) is 6.10 Å². The van der Waals surface area contributed by atoms with Crippen LogP contribution >= 0.6 is 11.3 Å². The van der Waals surface area contributed by atoms with Crippen LogP contribution < -0.4 is 0 Å². The van der Waals surface area contributed by atoms with E-state index in [0.29, 0.717) is 6.54 Å². The average molecular weight is 245 g/mol. The molecule has 1 heterocycles. The molecule has 0 aliphatic carbocycles. The van der Waals surface area contributed by atoms with Crippen LogP contribution in [-0.2, 0) is 4.74 Å². The molecule has 0 N–H and O–H groups in total. The van der Waals surface area contributed by atoms with Crippen molar-refractivity contribution in [3.8, 4) is 0 Å². The van der Waals surface area contributed by atoms with Gasteiger partial charge in [0.25, 0.3) is 0 Å². The molecule has 17 heavy (non-hydrogen) atoms. The van der Waals surface area contributed by atoms with Crippen LogP contribution in [0, 0.1) is 0 Å². The number of rotatable bonds is 5. The molecule has 0 saturated heterocycles. The molecule has 0 aliphatic rings. The van der Waals surface area contributed by atoms with Gasteiger partial charge in [-0.05, 0) is 17.0 Å². The Morgan fingerprint density at radius 3 is 2.71 bits per heavy atom. The van der Waals surface area contributed by atoms with E-state index in [1.165, 1.54) is 10.4 Å². The van der Waals surface area contributed by atoms with Crippen LogP contribution in [0.4, 0.5) is 0 Å². The molecule has 1 aromatic carbocycles. The van der Waals surface area contributed by atoms with Gasteiger partial charge in [0.1, 0.15) is 6.10 Å². The van der Waals surface area contributed by atoms with Crippen molar-refractivity contribution in [2.75, 3.05) is 13.7 Å². The molecular weight excluding hydrogens is 230 g/mol. The predicted octanol–water partition coefficient (Wildman–Crippen LogP) is 3.55. The molecule has 0 amide bonds. The highest BCUT2D eigenvalue weighted by molar-refractivity contribution is 7.11. The molecule has 1 aromatic heterocycles. The molecule has 2 aromatic rings. The number of hydrogen-bond acceptors (Lipinski definition) is 3. The van der Waals surface area contributed by atoms with Gasteiger partial charge in [0.15, 0.2) is 0 Å². The van der Waals surface area contributed by atoms with Gasteiger partial charge >= 0.3 is 0 Å². The van der Waals surface area contributed by atoms with Crippen molar-refractivity contribution in [3.63, 3.8) is 0 Å². The maximum atomic E-state index is 5.45. The fraction of sp³-hybridized carbons (Fsp3) is 0.214. The Labute approximate surface area is 106 Å². The van der Waals surface area contributed by atoms with E-state index in [0.717, 1.165) is 0 Å². The van der Waals surface area contributed by atoms with Crippen molar-refractivity contribution in [2.45, 2.75) is 6.10 Å². The zero-order chi connectivity index (χ0) is 11.9. The monoisotopic (exact) mass is 245 g/mol. The maximum absolute atomic E-state index is 5.45. The molecule has 2 rings (SSSR count). The van der Waals surface area contributed by atoms with E-state index < -0.39 is 0 Å². The smallest absolute Gasteiger partial charge is 0.102 e. The lowest BCUT2D eigenvalue weighted by molar-refractivity contribution is 0.111. The molecule has 1 atom stereocenters. The Bertz CT molecular complexity index is 450. The minimum absolute atomic E-state index is 0.0346. The Hall–Kier alpha value is -1.45. The van der Waals surface area contributed by atoms with Gasteiger partial charge in [0.2, 0.25) is 0 Å². The van der Waals surface area contributed by atoms with Gasteiger partial charge in [-0.15, -0.1) is 11.3 Å². The molecule has 3 heteroatoms. The van der Waals surface area contributed by atoms with Crippen molar-refractivity contribution in [1.29, 1.82) is 0 Å². The van der Waals surface area contributed by atoms with Crippen molar-refractivity contribution in [3.05, 3.63) is 58.3 Å². The highest BCUT2D eigenvalue weighted by atomic mass is 32.1. The SMILES string of the molecule is COC(CN=Cc1cccs1)c1ccccc1. The summed E-state index contributed by atoms with van der Waals surface area (Å²) in [4.78, 5) is 5.60. The second-order valence-corrected chi connectivity index (χ2v) is 4.62. The first-order chi connectivity index (χ1) is 8.40. The number of nitrogens with zero attached hydrogens (tertiary/aromatic N) is 1. The molecule has 88 valence electrons. The number of thiophene rings is 1. The number of aliphatic imine (C=N–C) groups is 1. The summed E-state index contributed by atoms with van der Waals surface area (Å²) in [5, 5.41) is 2.05. The molecular formula is C14H15NOS. The lowest BCUT2D eigenvalue weighted by atomic mass is 10.1. The fourth-order valence-corrected chi connectivity index (χ4v) is 2.19. The second kappa shape index (κ2) is 6.33. The lowest BCUT2D eigenvalue weighted by Crippen LogP contribution is -2.05. The first kappa shape index (κ1) is 12.0. The number of benzene rings is 1. The second-order valence-electron chi connectivity index (χ2n) is 3.64.